The van der Waals surface area contributed by atoms with Crippen LogP contribution in [0.4, 0.5) is 0 Å². The molecule has 1 saturated carbocycles. The van der Waals surface area contributed by atoms with Crippen LogP contribution in [0.2, 0.25) is 0 Å². The van der Waals surface area contributed by atoms with Crippen LogP contribution < -0.4 is 10.6 Å². The number of hydrogen-bond acceptors (Lipinski definition) is 3. The van der Waals surface area contributed by atoms with Gasteiger partial charge in [-0.2, -0.15) is 0 Å². The van der Waals surface area contributed by atoms with Crippen molar-refractivity contribution in [3.8, 4) is 0 Å². The van der Waals surface area contributed by atoms with Crippen molar-refractivity contribution in [2.24, 2.45) is 5.92 Å². The SMILES string of the molecule is O=C(CNC(=O)c1ccccc1Br)NC1CCCC1CO. The highest BCUT2D eigenvalue weighted by atomic mass is 79.9. The molecule has 3 N–H and O–H groups in total. The maximum absolute atomic E-state index is 12.0. The Morgan fingerprint density at radius 3 is 2.76 bits per heavy atom. The predicted octanol–water partition coefficient (Wildman–Crippen LogP) is 1.46. The van der Waals surface area contributed by atoms with Gasteiger partial charge in [-0.1, -0.05) is 18.6 Å². The van der Waals surface area contributed by atoms with Crippen LogP contribution in [-0.2, 0) is 4.79 Å². The molecule has 2 amide bonds. The molecular weight excluding hydrogens is 336 g/mol. The molecule has 0 spiro atoms. The fourth-order valence-electron chi connectivity index (χ4n) is 2.60. The molecule has 1 aliphatic rings. The lowest BCUT2D eigenvalue weighted by molar-refractivity contribution is -0.121. The number of nitrogens with one attached hydrogen (secondary N) is 2. The Balaban J connectivity index is 1.81. The van der Waals surface area contributed by atoms with E-state index in [0.29, 0.717) is 10.0 Å². The Hall–Kier alpha value is -1.40. The zero-order valence-electron chi connectivity index (χ0n) is 11.6. The van der Waals surface area contributed by atoms with Crippen molar-refractivity contribution in [3.63, 3.8) is 0 Å². The van der Waals surface area contributed by atoms with E-state index in [-0.39, 0.29) is 36.9 Å². The quantitative estimate of drug-likeness (QED) is 0.748. The highest BCUT2D eigenvalue weighted by Crippen LogP contribution is 2.24. The molecule has 5 nitrogen and oxygen atoms in total. The van der Waals surface area contributed by atoms with E-state index in [1.807, 2.05) is 6.07 Å². The first-order chi connectivity index (χ1) is 10.1. The number of amides is 2. The van der Waals surface area contributed by atoms with E-state index in [2.05, 4.69) is 26.6 Å². The molecule has 1 fully saturated rings. The Labute approximate surface area is 132 Å². The van der Waals surface area contributed by atoms with Crippen molar-refractivity contribution in [1.29, 1.82) is 0 Å². The summed E-state index contributed by atoms with van der Waals surface area (Å²) in [6, 6.07) is 7.07. The summed E-state index contributed by atoms with van der Waals surface area (Å²) in [5.74, 6) is -0.378. The molecule has 6 heteroatoms. The first kappa shape index (κ1) is 16.0. The third-order valence-corrected chi connectivity index (χ3v) is 4.46. The lowest BCUT2D eigenvalue weighted by Gasteiger charge is -2.19. The van der Waals surface area contributed by atoms with Gasteiger partial charge < -0.3 is 15.7 Å². The van der Waals surface area contributed by atoms with Gasteiger partial charge in [0.25, 0.3) is 5.91 Å². The second-order valence-electron chi connectivity index (χ2n) is 5.21. The van der Waals surface area contributed by atoms with Gasteiger partial charge in [-0.3, -0.25) is 9.59 Å². The maximum Gasteiger partial charge on any atom is 0.252 e. The van der Waals surface area contributed by atoms with Gasteiger partial charge in [-0.05, 0) is 40.9 Å². The van der Waals surface area contributed by atoms with E-state index in [1.54, 1.807) is 18.2 Å². The minimum absolute atomic E-state index is 0.0165. The largest absolute Gasteiger partial charge is 0.396 e. The van der Waals surface area contributed by atoms with Crippen LogP contribution in [0, 0.1) is 5.92 Å². The molecule has 2 atom stereocenters. The number of carbonyl (C=O) groups is 2. The lowest BCUT2D eigenvalue weighted by Crippen LogP contribution is -2.44. The van der Waals surface area contributed by atoms with E-state index in [9.17, 15) is 14.7 Å². The van der Waals surface area contributed by atoms with Gasteiger partial charge in [-0.25, -0.2) is 0 Å². The second kappa shape index (κ2) is 7.56. The zero-order valence-corrected chi connectivity index (χ0v) is 13.2. The number of halogens is 1. The van der Waals surface area contributed by atoms with Crippen LogP contribution in [0.25, 0.3) is 0 Å². The Morgan fingerprint density at radius 2 is 2.05 bits per heavy atom. The Bertz CT molecular complexity index is 521. The first-order valence-corrected chi connectivity index (χ1v) is 7.84. The minimum atomic E-state index is -0.289. The predicted molar refractivity (Wildman–Crippen MR) is 82.8 cm³/mol. The summed E-state index contributed by atoms with van der Waals surface area (Å²) >= 11 is 3.30. The van der Waals surface area contributed by atoms with E-state index in [1.165, 1.54) is 0 Å². The molecule has 0 aliphatic heterocycles. The Kier molecular flexibility index (Phi) is 5.76. The van der Waals surface area contributed by atoms with Gasteiger partial charge in [0.1, 0.15) is 0 Å². The van der Waals surface area contributed by atoms with Crippen molar-refractivity contribution < 1.29 is 14.7 Å². The molecule has 1 aromatic rings. The van der Waals surface area contributed by atoms with Gasteiger partial charge in [-0.15, -0.1) is 0 Å². The van der Waals surface area contributed by atoms with Crippen molar-refractivity contribution >= 4 is 27.7 Å². The van der Waals surface area contributed by atoms with Gasteiger partial charge >= 0.3 is 0 Å². The maximum atomic E-state index is 12.0. The molecule has 0 heterocycles. The number of aliphatic hydroxyl groups is 1. The summed E-state index contributed by atoms with van der Waals surface area (Å²) in [6.07, 6.45) is 2.83. The van der Waals surface area contributed by atoms with E-state index >= 15 is 0 Å². The van der Waals surface area contributed by atoms with Gasteiger partial charge in [0.05, 0.1) is 12.1 Å². The summed E-state index contributed by atoms with van der Waals surface area (Å²) in [5, 5.41) is 14.7. The molecule has 0 radical (unpaired) electrons. The Morgan fingerprint density at radius 1 is 1.29 bits per heavy atom. The van der Waals surface area contributed by atoms with Crippen molar-refractivity contribution in [2.45, 2.75) is 25.3 Å². The van der Waals surface area contributed by atoms with E-state index in [4.69, 9.17) is 0 Å². The van der Waals surface area contributed by atoms with Crippen LogP contribution >= 0.6 is 15.9 Å². The molecule has 1 aromatic carbocycles. The van der Waals surface area contributed by atoms with Crippen molar-refractivity contribution in [2.75, 3.05) is 13.2 Å². The summed E-state index contributed by atoms with van der Waals surface area (Å²) in [5.41, 5.74) is 0.499. The monoisotopic (exact) mass is 354 g/mol. The van der Waals surface area contributed by atoms with Crippen LogP contribution in [0.1, 0.15) is 29.6 Å². The lowest BCUT2D eigenvalue weighted by atomic mass is 10.1. The van der Waals surface area contributed by atoms with Crippen LogP contribution in [0.3, 0.4) is 0 Å². The fraction of sp³-hybridized carbons (Fsp3) is 0.467. The standard InChI is InChI=1S/C15H19BrN2O3/c16-12-6-2-1-5-11(12)15(21)17-8-14(20)18-13-7-3-4-10(13)9-19/h1-2,5-6,10,13,19H,3-4,7-9H2,(H,17,21)(H,18,20). The summed E-state index contributed by atoms with van der Waals surface area (Å²) in [4.78, 5) is 23.8. The molecule has 0 bridgehead atoms. The highest BCUT2D eigenvalue weighted by molar-refractivity contribution is 9.10. The number of hydrogen-bond donors (Lipinski definition) is 3. The molecule has 114 valence electrons. The number of aliphatic hydroxyl groups excluding tert-OH is 1. The molecule has 0 saturated heterocycles. The van der Waals surface area contributed by atoms with E-state index < -0.39 is 0 Å². The normalized spacial score (nSPS) is 21.0. The average molecular weight is 355 g/mol. The van der Waals surface area contributed by atoms with Crippen molar-refractivity contribution in [1.82, 2.24) is 10.6 Å². The van der Waals surface area contributed by atoms with Crippen LogP contribution in [-0.4, -0.2) is 36.1 Å². The number of benzene rings is 1. The fourth-order valence-corrected chi connectivity index (χ4v) is 3.07. The molecule has 1 aliphatic carbocycles. The smallest absolute Gasteiger partial charge is 0.252 e. The highest BCUT2D eigenvalue weighted by Gasteiger charge is 2.27. The average Bonchev–Trinajstić information content (AvgIpc) is 2.92. The molecule has 2 unspecified atom stereocenters. The summed E-state index contributed by atoms with van der Waals surface area (Å²) < 4.78 is 0.694. The van der Waals surface area contributed by atoms with Crippen LogP contribution in [0.5, 0.6) is 0 Å². The van der Waals surface area contributed by atoms with Gasteiger partial charge in [0.15, 0.2) is 0 Å². The summed E-state index contributed by atoms with van der Waals surface area (Å²) in [6.45, 7) is 0.0308. The zero-order chi connectivity index (χ0) is 15.2. The first-order valence-electron chi connectivity index (χ1n) is 7.04. The number of carbonyl (C=O) groups excluding carboxylic acids is 2. The van der Waals surface area contributed by atoms with Gasteiger partial charge in [0.2, 0.25) is 5.91 Å². The topological polar surface area (TPSA) is 78.4 Å². The minimum Gasteiger partial charge on any atom is -0.396 e. The van der Waals surface area contributed by atoms with Crippen molar-refractivity contribution in [3.05, 3.63) is 34.3 Å². The second-order valence-corrected chi connectivity index (χ2v) is 6.06. The third-order valence-electron chi connectivity index (χ3n) is 3.77. The van der Waals surface area contributed by atoms with Crippen LogP contribution in [0.15, 0.2) is 28.7 Å². The molecule has 2 rings (SSSR count). The van der Waals surface area contributed by atoms with E-state index in [0.717, 1.165) is 19.3 Å². The third kappa shape index (κ3) is 4.28. The molecular formula is C15H19BrN2O3. The molecule has 0 aromatic heterocycles. The van der Waals surface area contributed by atoms with Gasteiger partial charge in [0, 0.05) is 23.0 Å². The number of rotatable bonds is 5. The summed E-state index contributed by atoms with van der Waals surface area (Å²) in [7, 11) is 0. The molecule has 21 heavy (non-hydrogen) atoms.